The molecule has 0 aromatic heterocycles. The van der Waals surface area contributed by atoms with Gasteiger partial charge in [0.25, 0.3) is 0 Å². The first-order valence-corrected chi connectivity index (χ1v) is 9.83. The third kappa shape index (κ3) is 6.03. The molecule has 0 saturated carbocycles. The molecule has 0 aliphatic carbocycles. The number of hydrogen-bond donors (Lipinski definition) is 2. The number of nitrogen functional groups attached to an aromatic ring is 1. The standard InChI is InChI=1S/C12H17ClN2O4S2/c1-8(20(17)5-6-21(2,18)19)12(16)15-9-3-4-10(13)11(14)7-9/h3-4,7-8H,5-6,14H2,1-2H3,(H,15,16). The number of rotatable bonds is 6. The van der Waals surface area contributed by atoms with Crippen LogP contribution >= 0.6 is 11.6 Å². The Labute approximate surface area is 131 Å². The van der Waals surface area contributed by atoms with Crippen LogP contribution in [0.25, 0.3) is 0 Å². The number of benzene rings is 1. The van der Waals surface area contributed by atoms with Crippen molar-refractivity contribution >= 4 is 49.5 Å². The monoisotopic (exact) mass is 352 g/mol. The average molecular weight is 353 g/mol. The first-order chi connectivity index (χ1) is 9.60. The summed E-state index contributed by atoms with van der Waals surface area (Å²) in [5, 5.41) is 2.11. The molecule has 0 aliphatic rings. The van der Waals surface area contributed by atoms with E-state index in [1.807, 2.05) is 0 Å². The summed E-state index contributed by atoms with van der Waals surface area (Å²) < 4.78 is 33.9. The van der Waals surface area contributed by atoms with E-state index in [-0.39, 0.29) is 11.5 Å². The third-order valence-electron chi connectivity index (χ3n) is 2.68. The second kappa shape index (κ2) is 7.24. The van der Waals surface area contributed by atoms with Crippen molar-refractivity contribution in [1.29, 1.82) is 0 Å². The summed E-state index contributed by atoms with van der Waals surface area (Å²) in [6.45, 7) is 1.48. The van der Waals surface area contributed by atoms with Crippen molar-refractivity contribution in [3.8, 4) is 0 Å². The van der Waals surface area contributed by atoms with E-state index in [0.717, 1.165) is 6.26 Å². The van der Waals surface area contributed by atoms with Crippen LogP contribution in [0.5, 0.6) is 0 Å². The fraction of sp³-hybridized carbons (Fsp3) is 0.417. The van der Waals surface area contributed by atoms with Gasteiger partial charge in [-0.15, -0.1) is 0 Å². The van der Waals surface area contributed by atoms with Crippen molar-refractivity contribution in [2.45, 2.75) is 12.2 Å². The molecule has 0 heterocycles. The van der Waals surface area contributed by atoms with Crippen LogP contribution in [0.4, 0.5) is 11.4 Å². The second-order valence-corrected chi connectivity index (χ2v) is 9.13. The van der Waals surface area contributed by atoms with E-state index in [1.54, 1.807) is 6.07 Å². The lowest BCUT2D eigenvalue weighted by Crippen LogP contribution is -2.31. The fourth-order valence-electron chi connectivity index (χ4n) is 1.40. The minimum atomic E-state index is -3.20. The van der Waals surface area contributed by atoms with E-state index >= 15 is 0 Å². The van der Waals surface area contributed by atoms with Crippen molar-refractivity contribution in [1.82, 2.24) is 0 Å². The lowest BCUT2D eigenvalue weighted by Gasteiger charge is -2.12. The summed E-state index contributed by atoms with van der Waals surface area (Å²) in [4.78, 5) is 11.9. The number of halogens is 1. The number of amides is 1. The third-order valence-corrected chi connectivity index (χ3v) is 5.84. The summed E-state index contributed by atoms with van der Waals surface area (Å²) in [6, 6.07) is 4.60. The molecule has 1 rings (SSSR count). The first kappa shape index (κ1) is 17.9. The van der Waals surface area contributed by atoms with Crippen LogP contribution in [-0.2, 0) is 25.4 Å². The number of hydrogen-bond acceptors (Lipinski definition) is 5. The number of anilines is 2. The highest BCUT2D eigenvalue weighted by Crippen LogP contribution is 2.22. The number of nitrogens with two attached hydrogens (primary N) is 1. The summed E-state index contributed by atoms with van der Waals surface area (Å²) in [7, 11) is -4.78. The molecule has 0 radical (unpaired) electrons. The molecular weight excluding hydrogens is 336 g/mol. The number of sulfone groups is 1. The molecular formula is C12H17ClN2O4S2. The zero-order chi connectivity index (χ0) is 16.2. The largest absolute Gasteiger partial charge is 0.397 e. The van der Waals surface area contributed by atoms with Crippen LogP contribution in [0, 0.1) is 0 Å². The molecule has 2 unspecified atom stereocenters. The van der Waals surface area contributed by atoms with Gasteiger partial charge in [-0.25, -0.2) is 8.42 Å². The Morgan fingerprint density at radius 1 is 1.48 bits per heavy atom. The van der Waals surface area contributed by atoms with Crippen LogP contribution in [0.15, 0.2) is 18.2 Å². The fourth-order valence-corrected chi connectivity index (χ4v) is 4.03. The molecule has 9 heteroatoms. The van der Waals surface area contributed by atoms with Gasteiger partial charge in [-0.1, -0.05) is 11.6 Å². The Morgan fingerprint density at radius 2 is 2.10 bits per heavy atom. The predicted molar refractivity (Wildman–Crippen MR) is 86.7 cm³/mol. The molecule has 0 aliphatic heterocycles. The van der Waals surface area contributed by atoms with E-state index < -0.39 is 31.8 Å². The Morgan fingerprint density at radius 3 is 2.62 bits per heavy atom. The van der Waals surface area contributed by atoms with Gasteiger partial charge in [-0.05, 0) is 25.1 Å². The van der Waals surface area contributed by atoms with Gasteiger partial charge in [0.15, 0.2) is 0 Å². The van der Waals surface area contributed by atoms with Gasteiger partial charge >= 0.3 is 0 Å². The highest BCUT2D eigenvalue weighted by atomic mass is 35.5. The maximum Gasteiger partial charge on any atom is 0.239 e. The molecule has 0 bridgehead atoms. The van der Waals surface area contributed by atoms with Gasteiger partial charge in [0, 0.05) is 28.5 Å². The molecule has 0 spiro atoms. The Balaban J connectivity index is 2.65. The molecule has 21 heavy (non-hydrogen) atoms. The van der Waals surface area contributed by atoms with Crippen LogP contribution < -0.4 is 11.1 Å². The summed E-state index contributed by atoms with van der Waals surface area (Å²) in [6.07, 6.45) is 1.06. The minimum absolute atomic E-state index is 0.0732. The molecule has 118 valence electrons. The van der Waals surface area contributed by atoms with E-state index in [1.165, 1.54) is 19.1 Å². The van der Waals surface area contributed by atoms with Crippen LogP contribution in [0.3, 0.4) is 0 Å². The molecule has 0 saturated heterocycles. The van der Waals surface area contributed by atoms with Crippen LogP contribution in [-0.4, -0.2) is 41.5 Å². The Bertz CT molecular complexity index is 661. The number of nitrogens with one attached hydrogen (secondary N) is 1. The van der Waals surface area contributed by atoms with Crippen molar-refractivity contribution in [3.63, 3.8) is 0 Å². The number of carbonyl (C=O) groups is 1. The van der Waals surface area contributed by atoms with Crippen LogP contribution in [0.2, 0.25) is 5.02 Å². The second-order valence-electron chi connectivity index (χ2n) is 4.58. The van der Waals surface area contributed by atoms with Gasteiger partial charge in [-0.3, -0.25) is 9.00 Å². The Kier molecular flexibility index (Phi) is 6.18. The zero-order valence-electron chi connectivity index (χ0n) is 11.6. The SMILES string of the molecule is CC(C(=O)Nc1ccc(Cl)c(N)c1)S(=O)CCS(C)(=O)=O. The zero-order valence-corrected chi connectivity index (χ0v) is 14.0. The molecule has 2 atom stereocenters. The summed E-state index contributed by atoms with van der Waals surface area (Å²) in [5.41, 5.74) is 6.38. The molecule has 0 fully saturated rings. The maximum absolute atomic E-state index is 11.9. The van der Waals surface area contributed by atoms with Gasteiger partial charge in [0.1, 0.15) is 15.1 Å². The van der Waals surface area contributed by atoms with Gasteiger partial charge in [0.05, 0.1) is 16.5 Å². The summed E-state index contributed by atoms with van der Waals surface area (Å²) >= 11 is 5.77. The topological polar surface area (TPSA) is 106 Å². The lowest BCUT2D eigenvalue weighted by atomic mass is 10.2. The highest BCUT2D eigenvalue weighted by Gasteiger charge is 2.21. The normalized spacial score (nSPS) is 14.4. The smallest absolute Gasteiger partial charge is 0.239 e. The van der Waals surface area contributed by atoms with Crippen molar-refractivity contribution < 1.29 is 17.4 Å². The van der Waals surface area contributed by atoms with E-state index in [9.17, 15) is 17.4 Å². The molecule has 3 N–H and O–H groups in total. The maximum atomic E-state index is 11.9. The average Bonchev–Trinajstić information content (AvgIpc) is 2.38. The summed E-state index contributed by atoms with van der Waals surface area (Å²) in [5.74, 6) is -0.759. The molecule has 1 aromatic carbocycles. The van der Waals surface area contributed by atoms with Gasteiger partial charge in [0.2, 0.25) is 5.91 Å². The van der Waals surface area contributed by atoms with E-state index in [2.05, 4.69) is 5.32 Å². The quantitative estimate of drug-likeness (QED) is 0.744. The van der Waals surface area contributed by atoms with Gasteiger partial charge in [-0.2, -0.15) is 0 Å². The highest BCUT2D eigenvalue weighted by molar-refractivity contribution is 7.92. The first-order valence-electron chi connectivity index (χ1n) is 6.01. The predicted octanol–water partition coefficient (Wildman–Crippen LogP) is 1.04. The van der Waals surface area contributed by atoms with Gasteiger partial charge < -0.3 is 11.1 Å². The Hall–Kier alpha value is -1.12. The van der Waals surface area contributed by atoms with E-state index in [0.29, 0.717) is 16.4 Å². The van der Waals surface area contributed by atoms with Crippen molar-refractivity contribution in [3.05, 3.63) is 23.2 Å². The van der Waals surface area contributed by atoms with Crippen molar-refractivity contribution in [2.75, 3.05) is 28.8 Å². The molecule has 1 amide bonds. The van der Waals surface area contributed by atoms with Crippen LogP contribution in [0.1, 0.15) is 6.92 Å². The number of carbonyl (C=O) groups excluding carboxylic acids is 1. The van der Waals surface area contributed by atoms with Crippen molar-refractivity contribution in [2.24, 2.45) is 0 Å². The lowest BCUT2D eigenvalue weighted by molar-refractivity contribution is -0.115. The van der Waals surface area contributed by atoms with E-state index in [4.69, 9.17) is 17.3 Å². The molecule has 6 nitrogen and oxygen atoms in total. The minimum Gasteiger partial charge on any atom is -0.397 e. The molecule has 1 aromatic rings.